The van der Waals surface area contributed by atoms with E-state index in [0.29, 0.717) is 24.0 Å². The molecule has 0 bridgehead atoms. The molecular formula is C13H23N5O2. The lowest BCUT2D eigenvalue weighted by Crippen LogP contribution is -2.35. The zero-order valence-electron chi connectivity index (χ0n) is 12.4. The Morgan fingerprint density at radius 1 is 1.50 bits per heavy atom. The number of aromatic nitrogens is 2. The first-order valence-electron chi connectivity index (χ1n) is 7.18. The van der Waals surface area contributed by atoms with Gasteiger partial charge in [0.05, 0.1) is 4.92 Å². The summed E-state index contributed by atoms with van der Waals surface area (Å²) in [6, 6.07) is 0. The van der Waals surface area contributed by atoms with E-state index in [-0.39, 0.29) is 10.6 Å². The van der Waals surface area contributed by atoms with Crippen LogP contribution in [0, 0.1) is 23.0 Å². The number of piperidine rings is 1. The van der Waals surface area contributed by atoms with E-state index in [9.17, 15) is 10.1 Å². The third kappa shape index (κ3) is 2.92. The second-order valence-electron chi connectivity index (χ2n) is 5.40. The highest BCUT2D eigenvalue weighted by molar-refractivity contribution is 5.61. The smallest absolute Gasteiger partial charge is 0.333 e. The van der Waals surface area contributed by atoms with Crippen LogP contribution in [0.1, 0.15) is 25.5 Å². The van der Waals surface area contributed by atoms with E-state index in [1.807, 2.05) is 18.9 Å². The Balaban J connectivity index is 2.23. The lowest BCUT2D eigenvalue weighted by atomic mass is 9.98. The van der Waals surface area contributed by atoms with Crippen molar-refractivity contribution in [3.05, 3.63) is 15.8 Å². The maximum Gasteiger partial charge on any atom is 0.333 e. The molecule has 1 aromatic rings. The van der Waals surface area contributed by atoms with E-state index in [2.05, 4.69) is 10.4 Å². The standard InChI is InChI=1S/C13H23N5O2/c1-4-17-13(12(18(19)20)10(2)15-17)16(3)9-11-5-7-14-8-6-11/h11,14H,4-9H2,1-3H3. The number of hydrogen-bond donors (Lipinski definition) is 1. The zero-order chi connectivity index (χ0) is 14.7. The highest BCUT2D eigenvalue weighted by atomic mass is 16.6. The number of rotatable bonds is 5. The monoisotopic (exact) mass is 281 g/mol. The molecule has 112 valence electrons. The summed E-state index contributed by atoms with van der Waals surface area (Å²) in [6.07, 6.45) is 2.24. The first-order chi connectivity index (χ1) is 9.54. The second kappa shape index (κ2) is 6.21. The predicted molar refractivity (Wildman–Crippen MR) is 78.2 cm³/mol. The molecule has 1 aromatic heterocycles. The van der Waals surface area contributed by atoms with E-state index in [4.69, 9.17) is 0 Å². The molecule has 0 aliphatic carbocycles. The fraction of sp³-hybridized carbons (Fsp3) is 0.769. The molecule has 1 aliphatic rings. The Morgan fingerprint density at radius 3 is 2.70 bits per heavy atom. The maximum atomic E-state index is 11.3. The number of hydrogen-bond acceptors (Lipinski definition) is 5. The third-order valence-electron chi connectivity index (χ3n) is 3.90. The van der Waals surface area contributed by atoms with Crippen molar-refractivity contribution in [3.8, 4) is 0 Å². The molecule has 0 unspecified atom stereocenters. The van der Waals surface area contributed by atoms with Gasteiger partial charge < -0.3 is 10.2 Å². The Labute approximate surface area is 119 Å². The Hall–Kier alpha value is -1.63. The lowest BCUT2D eigenvalue weighted by molar-refractivity contribution is -0.384. The Kier molecular flexibility index (Phi) is 4.59. The van der Waals surface area contributed by atoms with Crippen LogP contribution in [-0.4, -0.2) is 41.4 Å². The summed E-state index contributed by atoms with van der Waals surface area (Å²) < 4.78 is 1.73. The molecule has 7 nitrogen and oxygen atoms in total. The highest BCUT2D eigenvalue weighted by Crippen LogP contribution is 2.31. The van der Waals surface area contributed by atoms with Crippen molar-refractivity contribution in [2.45, 2.75) is 33.2 Å². The van der Waals surface area contributed by atoms with Gasteiger partial charge in [0.25, 0.3) is 0 Å². The van der Waals surface area contributed by atoms with Gasteiger partial charge in [0.15, 0.2) is 0 Å². The first kappa shape index (κ1) is 14.8. The molecular weight excluding hydrogens is 258 g/mol. The van der Waals surface area contributed by atoms with Crippen LogP contribution in [0.3, 0.4) is 0 Å². The zero-order valence-corrected chi connectivity index (χ0v) is 12.4. The van der Waals surface area contributed by atoms with Gasteiger partial charge in [-0.3, -0.25) is 10.1 Å². The molecule has 1 saturated heterocycles. The molecule has 20 heavy (non-hydrogen) atoms. The van der Waals surface area contributed by atoms with Crippen molar-refractivity contribution in [2.24, 2.45) is 5.92 Å². The molecule has 1 N–H and O–H groups in total. The van der Waals surface area contributed by atoms with Gasteiger partial charge in [0.1, 0.15) is 5.69 Å². The number of anilines is 1. The quantitative estimate of drug-likeness (QED) is 0.654. The van der Waals surface area contributed by atoms with Gasteiger partial charge in [-0.25, -0.2) is 4.68 Å². The fourth-order valence-electron chi connectivity index (χ4n) is 2.91. The lowest BCUT2D eigenvalue weighted by Gasteiger charge is -2.28. The van der Waals surface area contributed by atoms with Crippen LogP contribution in [0.25, 0.3) is 0 Å². The van der Waals surface area contributed by atoms with Gasteiger partial charge >= 0.3 is 5.69 Å². The average Bonchev–Trinajstić information content (AvgIpc) is 2.76. The van der Waals surface area contributed by atoms with Crippen LogP contribution >= 0.6 is 0 Å². The van der Waals surface area contributed by atoms with Crippen molar-refractivity contribution in [1.82, 2.24) is 15.1 Å². The van der Waals surface area contributed by atoms with Crippen LogP contribution in [0.5, 0.6) is 0 Å². The molecule has 2 rings (SSSR count). The molecule has 1 fully saturated rings. The van der Waals surface area contributed by atoms with Crippen LogP contribution in [0.15, 0.2) is 0 Å². The summed E-state index contributed by atoms with van der Waals surface area (Å²) in [4.78, 5) is 13.0. The van der Waals surface area contributed by atoms with Gasteiger partial charge in [-0.1, -0.05) is 0 Å². The van der Waals surface area contributed by atoms with E-state index in [0.717, 1.165) is 32.5 Å². The molecule has 0 amide bonds. The van der Waals surface area contributed by atoms with Gasteiger partial charge in [0, 0.05) is 20.1 Å². The third-order valence-corrected chi connectivity index (χ3v) is 3.90. The number of aryl methyl sites for hydroxylation is 2. The minimum absolute atomic E-state index is 0.142. The minimum atomic E-state index is -0.317. The molecule has 0 atom stereocenters. The molecule has 0 radical (unpaired) electrons. The fourth-order valence-corrected chi connectivity index (χ4v) is 2.91. The van der Waals surface area contributed by atoms with E-state index >= 15 is 0 Å². The van der Waals surface area contributed by atoms with Crippen molar-refractivity contribution in [2.75, 3.05) is 31.6 Å². The summed E-state index contributed by atoms with van der Waals surface area (Å²) in [5.74, 6) is 1.22. The summed E-state index contributed by atoms with van der Waals surface area (Å²) in [5.41, 5.74) is 0.632. The summed E-state index contributed by atoms with van der Waals surface area (Å²) in [5, 5.41) is 18.9. The molecule has 1 aliphatic heterocycles. The van der Waals surface area contributed by atoms with Crippen molar-refractivity contribution >= 4 is 11.5 Å². The first-order valence-corrected chi connectivity index (χ1v) is 7.18. The average molecular weight is 281 g/mol. The van der Waals surface area contributed by atoms with E-state index in [1.165, 1.54) is 0 Å². The van der Waals surface area contributed by atoms with E-state index in [1.54, 1.807) is 11.6 Å². The molecule has 7 heteroatoms. The van der Waals surface area contributed by atoms with Crippen LogP contribution < -0.4 is 10.2 Å². The largest absolute Gasteiger partial charge is 0.354 e. The molecule has 2 heterocycles. The van der Waals surface area contributed by atoms with Crippen LogP contribution in [-0.2, 0) is 6.54 Å². The van der Waals surface area contributed by atoms with Crippen molar-refractivity contribution in [1.29, 1.82) is 0 Å². The summed E-state index contributed by atoms with van der Waals surface area (Å²) in [6.45, 7) is 7.21. The molecule has 0 spiro atoms. The van der Waals surface area contributed by atoms with Gasteiger partial charge in [-0.2, -0.15) is 5.10 Å². The minimum Gasteiger partial charge on any atom is -0.354 e. The van der Waals surface area contributed by atoms with Crippen LogP contribution in [0.4, 0.5) is 11.5 Å². The number of nitrogens with one attached hydrogen (secondary N) is 1. The predicted octanol–water partition coefficient (Wildman–Crippen LogP) is 1.56. The van der Waals surface area contributed by atoms with Gasteiger partial charge in [0.2, 0.25) is 5.82 Å². The SMILES string of the molecule is CCn1nc(C)c([N+](=O)[O-])c1N(C)CC1CCNCC1. The Bertz CT molecular complexity index is 479. The van der Waals surface area contributed by atoms with Crippen molar-refractivity contribution < 1.29 is 4.92 Å². The Morgan fingerprint density at radius 2 is 2.15 bits per heavy atom. The highest BCUT2D eigenvalue weighted by Gasteiger charge is 2.28. The summed E-state index contributed by atoms with van der Waals surface area (Å²) in [7, 11) is 1.93. The summed E-state index contributed by atoms with van der Waals surface area (Å²) >= 11 is 0. The number of nitrogens with zero attached hydrogens (tertiary/aromatic N) is 4. The second-order valence-corrected chi connectivity index (χ2v) is 5.40. The topological polar surface area (TPSA) is 76.2 Å². The normalized spacial score (nSPS) is 16.4. The number of nitro groups is 1. The van der Waals surface area contributed by atoms with Crippen molar-refractivity contribution in [3.63, 3.8) is 0 Å². The maximum absolute atomic E-state index is 11.3. The molecule has 0 aromatic carbocycles. The van der Waals surface area contributed by atoms with Gasteiger partial charge in [-0.05, 0) is 45.7 Å². The van der Waals surface area contributed by atoms with Crippen LogP contribution in [0.2, 0.25) is 0 Å². The van der Waals surface area contributed by atoms with E-state index < -0.39 is 0 Å². The van der Waals surface area contributed by atoms with Gasteiger partial charge in [-0.15, -0.1) is 0 Å². The molecule has 0 saturated carbocycles.